The minimum absolute atomic E-state index is 0.249. The molecular weight excluding hydrogens is 257 g/mol. The fraction of sp³-hybridized carbons (Fsp3) is 0.400. The Hall–Kier alpha value is -1.65. The van der Waals surface area contributed by atoms with Crippen LogP contribution in [0.2, 0.25) is 0 Å². The van der Waals surface area contributed by atoms with E-state index in [0.29, 0.717) is 12.1 Å². The van der Waals surface area contributed by atoms with Gasteiger partial charge in [-0.1, -0.05) is 6.08 Å². The SMILES string of the molecule is C=CCCc1ccc(CC2C(C)=CC(C)=[N+]2B(F)F)[nH]1. The van der Waals surface area contributed by atoms with E-state index in [9.17, 15) is 8.63 Å². The van der Waals surface area contributed by atoms with Gasteiger partial charge in [-0.2, -0.15) is 0 Å². The van der Waals surface area contributed by atoms with E-state index in [1.165, 1.54) is 4.49 Å². The number of aryl methyl sites for hydroxylation is 1. The minimum atomic E-state index is -2.45. The van der Waals surface area contributed by atoms with Crippen molar-refractivity contribution in [3.63, 3.8) is 0 Å². The number of nitrogens with zero attached hydrogens (tertiary/aromatic N) is 1. The molecule has 0 saturated carbocycles. The highest BCUT2D eigenvalue weighted by atomic mass is 19.2. The first-order valence-corrected chi connectivity index (χ1v) is 6.89. The zero-order valence-corrected chi connectivity index (χ0v) is 12.0. The number of hydrogen-bond donors (Lipinski definition) is 1. The molecule has 1 unspecified atom stereocenters. The van der Waals surface area contributed by atoms with Crippen molar-refractivity contribution in [2.75, 3.05) is 0 Å². The van der Waals surface area contributed by atoms with Crippen LogP contribution in [0.4, 0.5) is 8.63 Å². The molecule has 1 aromatic heterocycles. The third-order valence-corrected chi connectivity index (χ3v) is 3.75. The highest BCUT2D eigenvalue weighted by Crippen LogP contribution is 2.21. The fourth-order valence-electron chi connectivity index (χ4n) is 2.74. The zero-order chi connectivity index (χ0) is 14.7. The Morgan fingerprint density at radius 2 is 2.05 bits per heavy atom. The summed E-state index contributed by atoms with van der Waals surface area (Å²) in [6.07, 6.45) is 6.13. The van der Waals surface area contributed by atoms with Gasteiger partial charge >= 0.3 is 7.40 Å². The number of aromatic nitrogens is 1. The third-order valence-electron chi connectivity index (χ3n) is 3.75. The molecular formula is C15H20BF2N2+. The maximum atomic E-state index is 13.1. The van der Waals surface area contributed by atoms with Crippen molar-refractivity contribution in [2.45, 2.75) is 39.2 Å². The maximum absolute atomic E-state index is 13.1. The van der Waals surface area contributed by atoms with Gasteiger partial charge < -0.3 is 4.98 Å². The lowest BCUT2D eigenvalue weighted by molar-refractivity contribution is -0.439. The van der Waals surface area contributed by atoms with Crippen LogP contribution >= 0.6 is 0 Å². The van der Waals surface area contributed by atoms with Crippen molar-refractivity contribution >= 4 is 13.1 Å². The Kier molecular flexibility index (Phi) is 4.58. The van der Waals surface area contributed by atoms with Crippen LogP contribution in [0.3, 0.4) is 0 Å². The van der Waals surface area contributed by atoms with E-state index in [4.69, 9.17) is 0 Å². The molecule has 2 nitrogen and oxygen atoms in total. The molecule has 1 N–H and O–H groups in total. The maximum Gasteiger partial charge on any atom is 0.929 e. The average molecular weight is 277 g/mol. The molecule has 0 aromatic carbocycles. The van der Waals surface area contributed by atoms with Gasteiger partial charge in [0, 0.05) is 24.4 Å². The van der Waals surface area contributed by atoms with E-state index in [1.807, 2.05) is 31.2 Å². The van der Waals surface area contributed by atoms with Crippen LogP contribution in [-0.4, -0.2) is 28.6 Å². The predicted molar refractivity (Wildman–Crippen MR) is 79.5 cm³/mol. The molecule has 1 atom stereocenters. The number of H-pyrrole nitrogens is 1. The average Bonchev–Trinajstić information content (AvgIpc) is 2.93. The van der Waals surface area contributed by atoms with Crippen molar-refractivity contribution in [2.24, 2.45) is 0 Å². The lowest BCUT2D eigenvalue weighted by Gasteiger charge is -2.11. The molecule has 0 radical (unpaired) electrons. The number of aromatic amines is 1. The van der Waals surface area contributed by atoms with E-state index in [0.717, 1.165) is 29.8 Å². The Labute approximate surface area is 119 Å². The Morgan fingerprint density at radius 3 is 2.70 bits per heavy atom. The summed E-state index contributed by atoms with van der Waals surface area (Å²) in [5, 5.41) is 0. The molecule has 1 aliphatic heterocycles. The molecule has 0 spiro atoms. The normalized spacial score (nSPS) is 18.4. The van der Waals surface area contributed by atoms with Crippen LogP contribution in [-0.2, 0) is 12.8 Å². The topological polar surface area (TPSA) is 18.8 Å². The zero-order valence-electron chi connectivity index (χ0n) is 12.0. The quantitative estimate of drug-likeness (QED) is 0.607. The molecule has 20 heavy (non-hydrogen) atoms. The van der Waals surface area contributed by atoms with Gasteiger partial charge in [-0.05, 0) is 37.5 Å². The van der Waals surface area contributed by atoms with Crippen LogP contribution in [0, 0.1) is 0 Å². The van der Waals surface area contributed by atoms with Gasteiger partial charge in [0.15, 0.2) is 11.8 Å². The van der Waals surface area contributed by atoms with Crippen molar-refractivity contribution in [1.29, 1.82) is 0 Å². The Bertz CT molecular complexity index is 558. The van der Waals surface area contributed by atoms with E-state index in [2.05, 4.69) is 11.6 Å². The largest absolute Gasteiger partial charge is 0.929 e. The van der Waals surface area contributed by atoms with Gasteiger partial charge in [-0.25, -0.2) is 13.1 Å². The van der Waals surface area contributed by atoms with Gasteiger partial charge in [0.2, 0.25) is 0 Å². The lowest BCUT2D eigenvalue weighted by atomic mass is 10.0. The van der Waals surface area contributed by atoms with Gasteiger partial charge in [0.1, 0.15) is 0 Å². The number of hydrogen-bond acceptors (Lipinski definition) is 0. The van der Waals surface area contributed by atoms with Crippen molar-refractivity contribution in [3.05, 3.63) is 47.8 Å². The number of halogens is 2. The first-order chi connectivity index (χ1) is 9.52. The summed E-state index contributed by atoms with van der Waals surface area (Å²) in [7, 11) is -2.45. The standard InChI is InChI=1S/C15H20BF2N2/c1-4-5-6-13-7-8-14(19-13)10-15-11(2)9-12(3)20(15)16(17)18/h4,7-9,15,19H,1,5-6,10H2,2-3H3/q+1. The summed E-state index contributed by atoms with van der Waals surface area (Å²) in [5.74, 6) is 0. The highest BCUT2D eigenvalue weighted by Gasteiger charge is 2.44. The predicted octanol–water partition coefficient (Wildman–Crippen LogP) is 3.40. The molecule has 0 amide bonds. The second-order valence-electron chi connectivity index (χ2n) is 5.27. The summed E-state index contributed by atoms with van der Waals surface area (Å²) in [5.41, 5.74) is 3.76. The van der Waals surface area contributed by atoms with E-state index in [-0.39, 0.29) is 6.04 Å². The lowest BCUT2D eigenvalue weighted by Crippen LogP contribution is -2.35. The minimum Gasteiger partial charge on any atom is -0.362 e. The Balaban J connectivity index is 2.11. The smallest absolute Gasteiger partial charge is 0.362 e. The summed E-state index contributed by atoms with van der Waals surface area (Å²) < 4.78 is 27.5. The number of rotatable bonds is 6. The molecule has 106 valence electrons. The molecule has 1 aliphatic rings. The molecule has 0 aliphatic carbocycles. The molecule has 2 rings (SSSR count). The van der Waals surface area contributed by atoms with Crippen molar-refractivity contribution in [1.82, 2.24) is 4.98 Å². The van der Waals surface area contributed by atoms with E-state index >= 15 is 0 Å². The van der Waals surface area contributed by atoms with Crippen LogP contribution in [0.15, 0.2) is 36.4 Å². The van der Waals surface area contributed by atoms with Gasteiger partial charge in [0.25, 0.3) is 0 Å². The van der Waals surface area contributed by atoms with Crippen LogP contribution in [0.25, 0.3) is 0 Å². The summed E-state index contributed by atoms with van der Waals surface area (Å²) in [6, 6.07) is 3.76. The first-order valence-electron chi connectivity index (χ1n) is 6.89. The van der Waals surface area contributed by atoms with Gasteiger partial charge in [-0.15, -0.1) is 6.58 Å². The summed E-state index contributed by atoms with van der Waals surface area (Å²) in [6.45, 7) is 7.35. The molecule has 0 saturated heterocycles. The monoisotopic (exact) mass is 277 g/mol. The van der Waals surface area contributed by atoms with Gasteiger partial charge in [-0.3, -0.25) is 0 Å². The van der Waals surface area contributed by atoms with E-state index < -0.39 is 7.40 Å². The van der Waals surface area contributed by atoms with E-state index in [1.54, 1.807) is 6.92 Å². The fourth-order valence-corrected chi connectivity index (χ4v) is 2.74. The second kappa shape index (κ2) is 6.20. The molecule has 0 fully saturated rings. The van der Waals surface area contributed by atoms with Crippen molar-refractivity contribution in [3.8, 4) is 0 Å². The molecule has 1 aromatic rings. The molecule has 5 heteroatoms. The van der Waals surface area contributed by atoms with Crippen LogP contribution in [0.5, 0.6) is 0 Å². The molecule has 2 heterocycles. The summed E-state index contributed by atoms with van der Waals surface area (Å²) in [4.78, 5) is 3.31. The second-order valence-corrected chi connectivity index (χ2v) is 5.27. The third kappa shape index (κ3) is 3.08. The highest BCUT2D eigenvalue weighted by molar-refractivity contribution is 6.34. The van der Waals surface area contributed by atoms with Crippen molar-refractivity contribution < 1.29 is 13.1 Å². The number of nitrogens with one attached hydrogen (secondary N) is 1. The van der Waals surface area contributed by atoms with Gasteiger partial charge in [0.05, 0.1) is 6.42 Å². The first kappa shape index (κ1) is 14.8. The molecule has 0 bridgehead atoms. The number of allylic oxidation sites excluding steroid dienone is 2. The van der Waals surface area contributed by atoms with Crippen LogP contribution < -0.4 is 0 Å². The Morgan fingerprint density at radius 1 is 1.35 bits per heavy atom. The van der Waals surface area contributed by atoms with Crippen LogP contribution in [0.1, 0.15) is 31.7 Å². The summed E-state index contributed by atoms with van der Waals surface area (Å²) >= 11 is 0.